The van der Waals surface area contributed by atoms with Crippen molar-refractivity contribution in [1.82, 2.24) is 15.1 Å². The molecule has 5 heteroatoms. The summed E-state index contributed by atoms with van der Waals surface area (Å²) in [5.74, 6) is 0. The third kappa shape index (κ3) is 6.27. The Morgan fingerprint density at radius 1 is 1.21 bits per heavy atom. The molecule has 0 amide bonds. The quantitative estimate of drug-likeness (QED) is 0.693. The maximum absolute atomic E-state index is 7.26. The van der Waals surface area contributed by atoms with Gasteiger partial charge in [-0.05, 0) is 19.9 Å². The van der Waals surface area contributed by atoms with Crippen molar-refractivity contribution in [3.8, 4) is 0 Å². The molecule has 1 aliphatic rings. The van der Waals surface area contributed by atoms with Crippen molar-refractivity contribution >= 4 is 0 Å². The minimum atomic E-state index is 0.470. The first kappa shape index (κ1) is 16.3. The Kier molecular flexibility index (Phi) is 7.20. The van der Waals surface area contributed by atoms with Crippen LogP contribution in [-0.4, -0.2) is 61.2 Å². The first-order chi connectivity index (χ1) is 9.02. The van der Waals surface area contributed by atoms with Gasteiger partial charge in [0.25, 0.3) is 0 Å². The molecule has 0 unspecified atom stereocenters. The first-order valence-electron chi connectivity index (χ1n) is 7.29. The molecule has 0 aliphatic carbocycles. The van der Waals surface area contributed by atoms with E-state index in [2.05, 4.69) is 47.9 Å². The summed E-state index contributed by atoms with van der Waals surface area (Å²) in [6.07, 6.45) is 2.03. The fourth-order valence-corrected chi connectivity index (χ4v) is 2.22. The topological polar surface area (TPSA) is 54.7 Å². The number of rotatable bonds is 7. The zero-order chi connectivity index (χ0) is 14.3. The molecular weight excluding hydrogens is 238 g/mol. The lowest BCUT2D eigenvalue weighted by molar-refractivity contribution is 0.114. The molecule has 5 nitrogen and oxygen atoms in total. The van der Waals surface area contributed by atoms with Crippen molar-refractivity contribution in [3.05, 3.63) is 11.8 Å². The second-order valence-electron chi connectivity index (χ2n) is 5.78. The molecule has 19 heavy (non-hydrogen) atoms. The Hall–Kier alpha value is -0.780. The van der Waals surface area contributed by atoms with Gasteiger partial charge in [-0.15, -0.1) is 0 Å². The van der Waals surface area contributed by atoms with Crippen LogP contribution < -0.4 is 5.32 Å². The molecule has 0 aromatic heterocycles. The van der Waals surface area contributed by atoms with Crippen molar-refractivity contribution in [2.24, 2.45) is 5.11 Å². The van der Waals surface area contributed by atoms with Gasteiger partial charge in [-0.25, -0.2) is 5.53 Å². The maximum Gasteiger partial charge on any atom is 0.0736 e. The lowest BCUT2D eigenvalue weighted by Crippen LogP contribution is -2.49. The predicted molar refractivity (Wildman–Crippen MR) is 79.5 cm³/mol. The number of piperazine rings is 1. The summed E-state index contributed by atoms with van der Waals surface area (Å²) in [6.45, 7) is 14.7. The Labute approximate surface area is 117 Å². The highest BCUT2D eigenvalue weighted by Crippen LogP contribution is 2.08. The van der Waals surface area contributed by atoms with E-state index in [0.29, 0.717) is 12.1 Å². The van der Waals surface area contributed by atoms with Crippen LogP contribution in [-0.2, 0) is 0 Å². The van der Waals surface area contributed by atoms with Crippen LogP contribution in [0.4, 0.5) is 0 Å². The van der Waals surface area contributed by atoms with E-state index in [4.69, 9.17) is 5.53 Å². The van der Waals surface area contributed by atoms with Gasteiger partial charge in [0.1, 0.15) is 0 Å². The fourth-order valence-electron chi connectivity index (χ4n) is 2.22. The molecule has 0 aromatic rings. The molecule has 0 bridgehead atoms. The van der Waals surface area contributed by atoms with Gasteiger partial charge >= 0.3 is 0 Å². The van der Waals surface area contributed by atoms with E-state index in [1.807, 2.05) is 6.08 Å². The monoisotopic (exact) mass is 267 g/mol. The van der Waals surface area contributed by atoms with E-state index in [0.717, 1.165) is 45.0 Å². The van der Waals surface area contributed by atoms with E-state index >= 15 is 0 Å². The van der Waals surface area contributed by atoms with Crippen LogP contribution in [0.1, 0.15) is 27.7 Å². The smallest absolute Gasteiger partial charge is 0.0736 e. The molecular formula is C14H29N5. The Morgan fingerprint density at radius 2 is 1.84 bits per heavy atom. The molecule has 2 N–H and O–H groups in total. The van der Waals surface area contributed by atoms with Crippen molar-refractivity contribution < 1.29 is 0 Å². The summed E-state index contributed by atoms with van der Waals surface area (Å²) in [5, 5.41) is 6.97. The average molecular weight is 267 g/mol. The summed E-state index contributed by atoms with van der Waals surface area (Å²) in [7, 11) is 0. The van der Waals surface area contributed by atoms with Gasteiger partial charge in [-0.2, -0.15) is 5.11 Å². The van der Waals surface area contributed by atoms with Gasteiger partial charge in [0.2, 0.25) is 0 Å². The van der Waals surface area contributed by atoms with Crippen LogP contribution in [0.2, 0.25) is 0 Å². The van der Waals surface area contributed by atoms with E-state index in [1.165, 1.54) is 0 Å². The Bertz CT molecular complexity index is 290. The highest BCUT2D eigenvalue weighted by Gasteiger charge is 2.19. The predicted octanol–water partition coefficient (Wildman–Crippen LogP) is 1.93. The van der Waals surface area contributed by atoms with E-state index in [-0.39, 0.29) is 0 Å². The number of nitrogens with one attached hydrogen (secondary N) is 2. The van der Waals surface area contributed by atoms with E-state index < -0.39 is 0 Å². The van der Waals surface area contributed by atoms with Crippen molar-refractivity contribution in [2.45, 2.75) is 39.8 Å². The van der Waals surface area contributed by atoms with Crippen molar-refractivity contribution in [2.75, 3.05) is 39.3 Å². The van der Waals surface area contributed by atoms with Gasteiger partial charge in [-0.3, -0.25) is 9.80 Å². The van der Waals surface area contributed by atoms with Crippen LogP contribution in [0.25, 0.3) is 0 Å². The van der Waals surface area contributed by atoms with Gasteiger partial charge < -0.3 is 5.32 Å². The molecule has 0 aromatic carbocycles. The van der Waals surface area contributed by atoms with Crippen molar-refractivity contribution in [1.29, 1.82) is 5.53 Å². The normalized spacial score (nSPS) is 19.4. The molecule has 0 saturated carbocycles. The van der Waals surface area contributed by atoms with Crippen LogP contribution in [0.15, 0.2) is 16.9 Å². The molecule has 110 valence electrons. The third-order valence-electron chi connectivity index (χ3n) is 3.53. The summed E-state index contributed by atoms with van der Waals surface area (Å²) >= 11 is 0. The van der Waals surface area contributed by atoms with Gasteiger partial charge in [0.15, 0.2) is 0 Å². The second-order valence-corrected chi connectivity index (χ2v) is 5.78. The maximum atomic E-state index is 7.26. The summed E-state index contributed by atoms with van der Waals surface area (Å²) in [4.78, 5) is 4.89. The molecule has 1 fully saturated rings. The summed E-state index contributed by atoms with van der Waals surface area (Å²) in [6, 6.07) is 1.10. The van der Waals surface area contributed by atoms with Gasteiger partial charge in [0.05, 0.1) is 5.70 Å². The van der Waals surface area contributed by atoms with Gasteiger partial charge in [-0.1, -0.05) is 13.8 Å². The highest BCUT2D eigenvalue weighted by atomic mass is 15.3. The lowest BCUT2D eigenvalue weighted by Gasteiger charge is -2.36. The van der Waals surface area contributed by atoms with Crippen LogP contribution in [0.3, 0.4) is 0 Å². The van der Waals surface area contributed by atoms with E-state index in [1.54, 1.807) is 0 Å². The van der Waals surface area contributed by atoms with Gasteiger partial charge in [0, 0.05) is 51.4 Å². The molecule has 1 saturated heterocycles. The summed E-state index contributed by atoms with van der Waals surface area (Å²) in [5.41, 5.74) is 8.13. The summed E-state index contributed by atoms with van der Waals surface area (Å²) < 4.78 is 0. The lowest BCUT2D eigenvalue weighted by atomic mass is 10.2. The minimum Gasteiger partial charge on any atom is -0.311 e. The number of hydrogen-bond donors (Lipinski definition) is 2. The van der Waals surface area contributed by atoms with Crippen molar-refractivity contribution in [3.63, 3.8) is 0 Å². The van der Waals surface area contributed by atoms with E-state index in [9.17, 15) is 0 Å². The zero-order valence-electron chi connectivity index (χ0n) is 12.8. The second kappa shape index (κ2) is 8.40. The van der Waals surface area contributed by atoms with Crippen LogP contribution in [0, 0.1) is 5.53 Å². The average Bonchev–Trinajstić information content (AvgIpc) is 2.37. The molecule has 0 atom stereocenters. The first-order valence-corrected chi connectivity index (χ1v) is 7.29. The Balaban J connectivity index is 2.35. The standard InChI is InChI=1S/C14H29N5/c1-12(2)16-6-5-14(17-15)11-18-7-9-19(10-8-18)13(3)4/h5,12-13,15-16H,6-11H2,1-4H3/b14-5-,17-15?. The zero-order valence-corrected chi connectivity index (χ0v) is 12.8. The SMILES string of the molecule is CC(C)NC/C=C(/CN1CCN(C(C)C)CC1)N=N. The molecule has 1 aliphatic heterocycles. The number of nitrogens with zero attached hydrogens (tertiary/aromatic N) is 3. The minimum absolute atomic E-state index is 0.470. The van der Waals surface area contributed by atoms with Crippen LogP contribution >= 0.6 is 0 Å². The third-order valence-corrected chi connectivity index (χ3v) is 3.53. The molecule has 0 spiro atoms. The molecule has 1 rings (SSSR count). The highest BCUT2D eigenvalue weighted by molar-refractivity contribution is 5.03. The van der Waals surface area contributed by atoms with Crippen LogP contribution in [0.5, 0.6) is 0 Å². The fraction of sp³-hybridized carbons (Fsp3) is 0.857. The number of hydrogen-bond acceptors (Lipinski definition) is 5. The largest absolute Gasteiger partial charge is 0.311 e. The molecule has 0 radical (unpaired) electrons. The Morgan fingerprint density at radius 3 is 2.32 bits per heavy atom. The molecule has 1 heterocycles.